The number of carbonyl (C=O) groups excluding carboxylic acids is 1. The highest BCUT2D eigenvalue weighted by atomic mass is 32.2. The molecule has 2 rings (SSSR count). The number of benzene rings is 2. The minimum absolute atomic E-state index is 0.0250. The number of likely N-dealkylation sites (N-methyl/N-ethyl adjacent to an activating group) is 1. The molecule has 0 bridgehead atoms. The van der Waals surface area contributed by atoms with Crippen LogP contribution >= 0.6 is 0 Å². The lowest BCUT2D eigenvalue weighted by atomic mass is 10.1. The molecule has 0 fully saturated rings. The largest absolute Gasteiger partial charge is 0.379 e. The number of rotatable bonds is 9. The lowest BCUT2D eigenvalue weighted by Crippen LogP contribution is -2.38. The standard InChI is InChI=1S/C21H27FN2O4S/c1-16(2)21(25)24(14-13-23(3)4)15-17-7-5-6-8-20(17)28-29(26,27)19-11-9-18(22)10-12-19/h5-12,16H,13-15H2,1-4H3. The molecule has 0 saturated carbocycles. The highest BCUT2D eigenvalue weighted by molar-refractivity contribution is 7.87. The van der Waals surface area contributed by atoms with Crippen molar-refractivity contribution in [2.75, 3.05) is 27.2 Å². The van der Waals surface area contributed by atoms with Crippen molar-refractivity contribution in [3.63, 3.8) is 0 Å². The van der Waals surface area contributed by atoms with Crippen LogP contribution in [0.4, 0.5) is 4.39 Å². The number of halogens is 1. The third-order valence-electron chi connectivity index (χ3n) is 4.26. The van der Waals surface area contributed by atoms with Gasteiger partial charge in [-0.15, -0.1) is 0 Å². The Morgan fingerprint density at radius 1 is 1.03 bits per heavy atom. The molecule has 8 heteroatoms. The summed E-state index contributed by atoms with van der Waals surface area (Å²) in [5.74, 6) is -0.604. The first kappa shape index (κ1) is 22.8. The minimum atomic E-state index is -4.13. The zero-order valence-corrected chi connectivity index (χ0v) is 17.9. The van der Waals surface area contributed by atoms with E-state index in [4.69, 9.17) is 4.18 Å². The second-order valence-corrected chi connectivity index (χ2v) is 8.86. The van der Waals surface area contributed by atoms with Crippen LogP contribution in [0.15, 0.2) is 53.4 Å². The van der Waals surface area contributed by atoms with Crippen molar-refractivity contribution in [1.82, 2.24) is 9.80 Å². The van der Waals surface area contributed by atoms with Crippen LogP contribution in [0.3, 0.4) is 0 Å². The number of para-hydroxylation sites is 1. The van der Waals surface area contributed by atoms with Crippen LogP contribution in [0.2, 0.25) is 0 Å². The molecule has 0 spiro atoms. The molecule has 6 nitrogen and oxygen atoms in total. The van der Waals surface area contributed by atoms with Crippen molar-refractivity contribution in [3.8, 4) is 5.75 Å². The fourth-order valence-corrected chi connectivity index (χ4v) is 3.61. The number of nitrogens with zero attached hydrogens (tertiary/aromatic N) is 2. The number of hydrogen-bond acceptors (Lipinski definition) is 5. The third kappa shape index (κ3) is 6.54. The number of carbonyl (C=O) groups is 1. The Labute approximate surface area is 172 Å². The third-order valence-corrected chi connectivity index (χ3v) is 5.51. The van der Waals surface area contributed by atoms with Gasteiger partial charge in [0.1, 0.15) is 16.5 Å². The highest BCUT2D eigenvalue weighted by Gasteiger charge is 2.22. The predicted molar refractivity (Wildman–Crippen MR) is 109 cm³/mol. The molecule has 0 aliphatic rings. The van der Waals surface area contributed by atoms with Crippen LogP contribution in [0.5, 0.6) is 5.75 Å². The molecule has 2 aromatic carbocycles. The zero-order valence-electron chi connectivity index (χ0n) is 17.1. The van der Waals surface area contributed by atoms with E-state index >= 15 is 0 Å². The lowest BCUT2D eigenvalue weighted by Gasteiger charge is -2.27. The Morgan fingerprint density at radius 3 is 2.24 bits per heavy atom. The molecule has 0 heterocycles. The topological polar surface area (TPSA) is 66.9 Å². The van der Waals surface area contributed by atoms with Gasteiger partial charge < -0.3 is 14.0 Å². The van der Waals surface area contributed by atoms with E-state index in [0.717, 1.165) is 24.3 Å². The number of amides is 1. The zero-order chi connectivity index (χ0) is 21.6. The quantitative estimate of drug-likeness (QED) is 0.581. The van der Waals surface area contributed by atoms with E-state index in [9.17, 15) is 17.6 Å². The van der Waals surface area contributed by atoms with E-state index in [1.807, 2.05) is 32.8 Å². The smallest absolute Gasteiger partial charge is 0.339 e. The maximum atomic E-state index is 13.1. The van der Waals surface area contributed by atoms with Gasteiger partial charge in [0.05, 0.1) is 0 Å². The van der Waals surface area contributed by atoms with Gasteiger partial charge in [0.15, 0.2) is 0 Å². The van der Waals surface area contributed by atoms with Gasteiger partial charge in [-0.3, -0.25) is 4.79 Å². The summed E-state index contributed by atoms with van der Waals surface area (Å²) in [6.45, 7) is 5.05. The van der Waals surface area contributed by atoms with Crippen molar-refractivity contribution >= 4 is 16.0 Å². The Bertz CT molecular complexity index is 928. The van der Waals surface area contributed by atoms with Crippen LogP contribution in [0.25, 0.3) is 0 Å². The van der Waals surface area contributed by atoms with E-state index in [1.165, 1.54) is 0 Å². The first-order valence-corrected chi connectivity index (χ1v) is 10.7. The normalized spacial score (nSPS) is 11.7. The first-order valence-electron chi connectivity index (χ1n) is 9.31. The maximum absolute atomic E-state index is 13.1. The molecule has 0 unspecified atom stereocenters. The molecular weight excluding hydrogens is 395 g/mol. The molecule has 0 aliphatic carbocycles. The molecule has 29 heavy (non-hydrogen) atoms. The van der Waals surface area contributed by atoms with Gasteiger partial charge in [-0.2, -0.15) is 8.42 Å². The van der Waals surface area contributed by atoms with Gasteiger partial charge in [0, 0.05) is 31.1 Å². The molecule has 2 aromatic rings. The van der Waals surface area contributed by atoms with E-state index in [2.05, 4.69) is 0 Å². The molecule has 0 radical (unpaired) electrons. The summed E-state index contributed by atoms with van der Waals surface area (Å²) in [6, 6.07) is 11.1. The highest BCUT2D eigenvalue weighted by Crippen LogP contribution is 2.25. The van der Waals surface area contributed by atoms with Gasteiger partial charge in [-0.25, -0.2) is 4.39 Å². The summed E-state index contributed by atoms with van der Waals surface area (Å²) in [7, 11) is -0.287. The van der Waals surface area contributed by atoms with Gasteiger partial charge in [-0.05, 0) is 44.4 Å². The molecular formula is C21H27FN2O4S. The lowest BCUT2D eigenvalue weighted by molar-refractivity contribution is -0.135. The van der Waals surface area contributed by atoms with Crippen LogP contribution in [-0.4, -0.2) is 51.3 Å². The summed E-state index contributed by atoms with van der Waals surface area (Å²) >= 11 is 0. The Kier molecular flexibility index (Phi) is 7.75. The van der Waals surface area contributed by atoms with Gasteiger partial charge in [0.25, 0.3) is 0 Å². The van der Waals surface area contributed by atoms with Crippen molar-refractivity contribution in [1.29, 1.82) is 0 Å². The number of hydrogen-bond donors (Lipinski definition) is 0. The van der Waals surface area contributed by atoms with Crippen LogP contribution in [0, 0.1) is 11.7 Å². The summed E-state index contributed by atoms with van der Waals surface area (Å²) in [5, 5.41) is 0. The van der Waals surface area contributed by atoms with Crippen molar-refractivity contribution < 1.29 is 21.8 Å². The van der Waals surface area contributed by atoms with Gasteiger partial charge >= 0.3 is 10.1 Å². The Hall–Kier alpha value is -2.45. The summed E-state index contributed by atoms with van der Waals surface area (Å²) in [6.07, 6.45) is 0. The SMILES string of the molecule is CC(C)C(=O)N(CCN(C)C)Cc1ccccc1OS(=O)(=O)c1ccc(F)cc1. The van der Waals surface area contributed by atoms with E-state index in [-0.39, 0.29) is 29.0 Å². The first-order chi connectivity index (χ1) is 13.6. The monoisotopic (exact) mass is 422 g/mol. The molecule has 0 N–H and O–H groups in total. The summed E-state index contributed by atoms with van der Waals surface area (Å²) in [5.41, 5.74) is 0.575. The van der Waals surface area contributed by atoms with E-state index in [1.54, 1.807) is 29.2 Å². The molecule has 0 aliphatic heterocycles. The second-order valence-electron chi connectivity index (χ2n) is 7.32. The fraction of sp³-hybridized carbons (Fsp3) is 0.381. The van der Waals surface area contributed by atoms with Crippen LogP contribution < -0.4 is 4.18 Å². The maximum Gasteiger partial charge on any atom is 0.339 e. The molecule has 0 aromatic heterocycles. The molecule has 158 valence electrons. The van der Waals surface area contributed by atoms with Crippen molar-refractivity contribution in [2.24, 2.45) is 5.92 Å². The molecule has 0 atom stereocenters. The second kappa shape index (κ2) is 9.84. The van der Waals surface area contributed by atoms with E-state index in [0.29, 0.717) is 18.7 Å². The van der Waals surface area contributed by atoms with Crippen molar-refractivity contribution in [3.05, 3.63) is 59.9 Å². The molecule has 0 saturated heterocycles. The van der Waals surface area contributed by atoms with Crippen LogP contribution in [-0.2, 0) is 21.5 Å². The molecule has 1 amide bonds. The Balaban J connectivity index is 2.28. The summed E-state index contributed by atoms with van der Waals surface area (Å²) < 4.78 is 43.6. The average Bonchev–Trinajstić information content (AvgIpc) is 2.65. The van der Waals surface area contributed by atoms with E-state index < -0.39 is 15.9 Å². The van der Waals surface area contributed by atoms with Crippen molar-refractivity contribution in [2.45, 2.75) is 25.3 Å². The average molecular weight is 423 g/mol. The minimum Gasteiger partial charge on any atom is -0.379 e. The van der Waals surface area contributed by atoms with Gasteiger partial charge in [-0.1, -0.05) is 32.0 Å². The van der Waals surface area contributed by atoms with Gasteiger partial charge in [0.2, 0.25) is 5.91 Å². The summed E-state index contributed by atoms with van der Waals surface area (Å²) in [4.78, 5) is 16.1. The van der Waals surface area contributed by atoms with Crippen LogP contribution in [0.1, 0.15) is 19.4 Å². The fourth-order valence-electron chi connectivity index (χ4n) is 2.64. The predicted octanol–water partition coefficient (Wildman–Crippen LogP) is 3.14. The Morgan fingerprint density at radius 2 is 1.66 bits per heavy atom.